The van der Waals surface area contributed by atoms with Gasteiger partial charge in [0.05, 0.1) is 12.6 Å². The van der Waals surface area contributed by atoms with E-state index in [2.05, 4.69) is 16.8 Å². The molecule has 204 valence electrons. The maximum absolute atomic E-state index is 13.3. The number of nitrogens with zero attached hydrogens (tertiary/aromatic N) is 4. The minimum Gasteiger partial charge on any atom is -0.440 e. The van der Waals surface area contributed by atoms with Gasteiger partial charge in [-0.2, -0.15) is 0 Å². The lowest BCUT2D eigenvalue weighted by molar-refractivity contribution is -0.0383. The maximum atomic E-state index is 13.3. The van der Waals surface area contributed by atoms with Crippen molar-refractivity contribution in [2.75, 3.05) is 26.2 Å². The standard InChI is InChI=1S/C31H42N4O3/c1-4-5-11-27-31(38-30(37)35(27)22-25-10-7-16-32-21-25)14-19-33(20-15-31)26-12-17-34(18-13-26)29(36)28-23(2)8-6-9-24(28)3/h6-10,16,21,26-27H,4-5,11-15,17-20,22H2,1-3H3. The Labute approximate surface area is 227 Å². The van der Waals surface area contributed by atoms with E-state index >= 15 is 0 Å². The van der Waals surface area contributed by atoms with E-state index in [1.54, 1.807) is 6.20 Å². The number of benzene rings is 1. The number of aryl methyl sites for hydroxylation is 2. The molecule has 1 unspecified atom stereocenters. The number of hydrogen-bond acceptors (Lipinski definition) is 5. The molecule has 38 heavy (non-hydrogen) atoms. The van der Waals surface area contributed by atoms with Crippen molar-refractivity contribution in [3.05, 3.63) is 65.0 Å². The molecule has 0 N–H and O–H groups in total. The van der Waals surface area contributed by atoms with E-state index in [9.17, 15) is 9.59 Å². The lowest BCUT2D eigenvalue weighted by Gasteiger charge is -2.46. The highest BCUT2D eigenvalue weighted by molar-refractivity contribution is 5.97. The van der Waals surface area contributed by atoms with Crippen molar-refractivity contribution >= 4 is 12.0 Å². The highest BCUT2D eigenvalue weighted by Crippen LogP contribution is 2.42. The Bertz CT molecular complexity index is 1100. The molecule has 3 fully saturated rings. The van der Waals surface area contributed by atoms with E-state index in [-0.39, 0.29) is 18.0 Å². The van der Waals surface area contributed by atoms with Crippen molar-refractivity contribution in [1.29, 1.82) is 0 Å². The van der Waals surface area contributed by atoms with Crippen LogP contribution in [0.15, 0.2) is 42.7 Å². The summed E-state index contributed by atoms with van der Waals surface area (Å²) >= 11 is 0. The molecule has 7 heteroatoms. The summed E-state index contributed by atoms with van der Waals surface area (Å²) in [6, 6.07) is 10.6. The van der Waals surface area contributed by atoms with Crippen LogP contribution in [0.1, 0.15) is 78.9 Å². The van der Waals surface area contributed by atoms with Crippen LogP contribution >= 0.6 is 0 Å². The molecule has 0 bridgehead atoms. The summed E-state index contributed by atoms with van der Waals surface area (Å²) in [5.74, 6) is 0.169. The molecule has 1 aromatic heterocycles. The number of aromatic nitrogens is 1. The number of unbranched alkanes of at least 4 members (excludes halogenated alkanes) is 1. The molecule has 3 aliphatic rings. The molecule has 7 nitrogen and oxygen atoms in total. The molecule has 3 aliphatic heterocycles. The van der Waals surface area contributed by atoms with Gasteiger partial charge in [0, 0.05) is 63.0 Å². The van der Waals surface area contributed by atoms with E-state index in [4.69, 9.17) is 4.74 Å². The van der Waals surface area contributed by atoms with Gasteiger partial charge in [0.25, 0.3) is 5.91 Å². The lowest BCUT2D eigenvalue weighted by Crippen LogP contribution is -2.56. The van der Waals surface area contributed by atoms with Gasteiger partial charge < -0.3 is 9.64 Å². The molecule has 2 aromatic rings. The topological polar surface area (TPSA) is 66.0 Å². The monoisotopic (exact) mass is 518 g/mol. The first-order valence-electron chi connectivity index (χ1n) is 14.4. The molecule has 4 heterocycles. The number of likely N-dealkylation sites (tertiary alicyclic amines) is 2. The SMILES string of the molecule is CCCCC1N(Cc2cccnc2)C(=O)OC12CCN(C1CCN(C(=O)c3c(C)cccc3C)CC1)CC2. The number of amides is 2. The van der Waals surface area contributed by atoms with E-state index in [1.165, 1.54) is 0 Å². The number of pyridine rings is 1. The lowest BCUT2D eigenvalue weighted by atomic mass is 9.81. The minimum atomic E-state index is -0.399. The van der Waals surface area contributed by atoms with Gasteiger partial charge in [-0.3, -0.25) is 19.6 Å². The van der Waals surface area contributed by atoms with E-state index in [0.29, 0.717) is 12.6 Å². The molecule has 0 aliphatic carbocycles. The molecule has 3 saturated heterocycles. The third kappa shape index (κ3) is 5.31. The van der Waals surface area contributed by atoms with Gasteiger partial charge in [0.15, 0.2) is 0 Å². The van der Waals surface area contributed by atoms with Crippen LogP contribution in [0.2, 0.25) is 0 Å². The molecule has 1 spiro atoms. The molecular formula is C31H42N4O3. The first-order valence-corrected chi connectivity index (χ1v) is 14.4. The Morgan fingerprint density at radius 2 is 1.76 bits per heavy atom. The fraction of sp³-hybridized carbons (Fsp3) is 0.581. The van der Waals surface area contributed by atoms with Crippen LogP contribution in [-0.4, -0.2) is 75.5 Å². The molecule has 0 saturated carbocycles. The van der Waals surface area contributed by atoms with Crippen LogP contribution in [0.3, 0.4) is 0 Å². The fourth-order valence-electron chi connectivity index (χ4n) is 6.84. The second-order valence-electron chi connectivity index (χ2n) is 11.4. The zero-order chi connectivity index (χ0) is 26.7. The second kappa shape index (κ2) is 11.4. The van der Waals surface area contributed by atoms with Gasteiger partial charge in [-0.1, -0.05) is 44.0 Å². The first-order chi connectivity index (χ1) is 18.4. The van der Waals surface area contributed by atoms with Gasteiger partial charge in [-0.25, -0.2) is 4.79 Å². The van der Waals surface area contributed by atoms with Gasteiger partial charge in [0.2, 0.25) is 0 Å². The van der Waals surface area contributed by atoms with Crippen molar-refractivity contribution in [3.8, 4) is 0 Å². The van der Waals surface area contributed by atoms with Crippen LogP contribution in [-0.2, 0) is 11.3 Å². The highest BCUT2D eigenvalue weighted by atomic mass is 16.6. The normalized spacial score (nSPS) is 22.2. The average molecular weight is 519 g/mol. The summed E-state index contributed by atoms with van der Waals surface area (Å²) in [5.41, 5.74) is 3.62. The van der Waals surface area contributed by atoms with Crippen molar-refractivity contribution < 1.29 is 14.3 Å². The second-order valence-corrected chi connectivity index (χ2v) is 11.4. The average Bonchev–Trinajstić information content (AvgIpc) is 3.17. The van der Waals surface area contributed by atoms with Crippen molar-refractivity contribution in [1.82, 2.24) is 19.7 Å². The smallest absolute Gasteiger partial charge is 0.411 e. The summed E-state index contributed by atoms with van der Waals surface area (Å²) in [6.07, 6.45) is 10.3. The molecule has 1 atom stereocenters. The molecule has 0 radical (unpaired) electrons. The van der Waals surface area contributed by atoms with E-state index in [1.807, 2.05) is 60.2 Å². The molecule has 5 rings (SSSR count). The largest absolute Gasteiger partial charge is 0.440 e. The molecule has 1 aromatic carbocycles. The number of ether oxygens (including phenoxy) is 1. The van der Waals surface area contributed by atoms with Crippen molar-refractivity contribution in [2.24, 2.45) is 0 Å². The first kappa shape index (κ1) is 26.7. The van der Waals surface area contributed by atoms with E-state index < -0.39 is 5.60 Å². The van der Waals surface area contributed by atoms with Gasteiger partial charge in [0.1, 0.15) is 5.60 Å². The zero-order valence-electron chi connectivity index (χ0n) is 23.2. The number of hydrogen-bond donors (Lipinski definition) is 0. The third-order valence-corrected chi connectivity index (χ3v) is 9.02. The predicted molar refractivity (Wildman–Crippen MR) is 148 cm³/mol. The minimum absolute atomic E-state index is 0.106. The Morgan fingerprint density at radius 1 is 1.05 bits per heavy atom. The van der Waals surface area contributed by atoms with Crippen LogP contribution in [0.4, 0.5) is 4.79 Å². The number of piperidine rings is 2. The van der Waals surface area contributed by atoms with Crippen LogP contribution < -0.4 is 0 Å². The van der Waals surface area contributed by atoms with Crippen molar-refractivity contribution in [3.63, 3.8) is 0 Å². The van der Waals surface area contributed by atoms with Gasteiger partial charge in [-0.05, 0) is 55.9 Å². The highest BCUT2D eigenvalue weighted by Gasteiger charge is 2.54. The van der Waals surface area contributed by atoms with Gasteiger partial charge >= 0.3 is 6.09 Å². The third-order valence-electron chi connectivity index (χ3n) is 9.02. The summed E-state index contributed by atoms with van der Waals surface area (Å²) in [5, 5.41) is 0. The number of rotatable bonds is 7. The summed E-state index contributed by atoms with van der Waals surface area (Å²) < 4.78 is 6.23. The van der Waals surface area contributed by atoms with Crippen LogP contribution in [0, 0.1) is 13.8 Å². The Hall–Kier alpha value is -2.93. The van der Waals surface area contributed by atoms with Crippen LogP contribution in [0.5, 0.6) is 0 Å². The number of carbonyl (C=O) groups excluding carboxylic acids is 2. The predicted octanol–water partition coefficient (Wildman–Crippen LogP) is 5.35. The van der Waals surface area contributed by atoms with E-state index in [0.717, 1.165) is 93.4 Å². The Kier molecular flexibility index (Phi) is 8.03. The summed E-state index contributed by atoms with van der Waals surface area (Å²) in [7, 11) is 0. The van der Waals surface area contributed by atoms with Gasteiger partial charge in [-0.15, -0.1) is 0 Å². The fourth-order valence-corrected chi connectivity index (χ4v) is 6.84. The van der Waals surface area contributed by atoms with Crippen LogP contribution in [0.25, 0.3) is 0 Å². The number of carbonyl (C=O) groups is 2. The Morgan fingerprint density at radius 3 is 2.39 bits per heavy atom. The quantitative estimate of drug-likeness (QED) is 0.494. The molecule has 2 amide bonds. The summed E-state index contributed by atoms with van der Waals surface area (Å²) in [4.78, 5) is 37.2. The molecular weight excluding hydrogens is 476 g/mol. The maximum Gasteiger partial charge on any atom is 0.411 e. The Balaban J connectivity index is 1.20. The summed E-state index contributed by atoms with van der Waals surface area (Å²) in [6.45, 7) is 10.3. The zero-order valence-corrected chi connectivity index (χ0v) is 23.2. The van der Waals surface area contributed by atoms with Crippen molar-refractivity contribution in [2.45, 2.75) is 89.9 Å².